The molecular weight excluding hydrogens is 551 g/mol. The normalized spacial score (nSPS) is 13.7. The molecule has 0 unspecified atom stereocenters. The first kappa shape index (κ1) is 29.6. The number of hydroxylamine groups is 3. The second-order valence-corrected chi connectivity index (χ2v) is 10.5. The number of rotatable bonds is 11. The molecule has 0 aliphatic carbocycles. The van der Waals surface area contributed by atoms with E-state index in [0.717, 1.165) is 18.5 Å². The number of ether oxygens (including phenoxy) is 1. The minimum Gasteiger partial charge on any atom is -0.633 e. The fraction of sp³-hybridized carbons (Fsp3) is 0.250. The first-order valence-corrected chi connectivity index (χ1v) is 14.1. The number of hydrogen-bond acceptors (Lipinski definition) is 7. The Hall–Kier alpha value is -4.87. The van der Waals surface area contributed by atoms with Gasteiger partial charge in [0.15, 0.2) is 0 Å². The van der Waals surface area contributed by atoms with Gasteiger partial charge in [-0.3, -0.25) is 9.59 Å². The van der Waals surface area contributed by atoms with Gasteiger partial charge in [0.1, 0.15) is 25.6 Å². The second-order valence-electron chi connectivity index (χ2n) is 10.5. The lowest BCUT2D eigenvalue weighted by Gasteiger charge is -2.38. The molecule has 1 aliphatic rings. The van der Waals surface area contributed by atoms with Gasteiger partial charge in [0, 0.05) is 35.3 Å². The van der Waals surface area contributed by atoms with Gasteiger partial charge < -0.3 is 30.5 Å². The molecule has 11 heteroatoms. The first-order valence-electron chi connectivity index (χ1n) is 14.1. The third-order valence-corrected chi connectivity index (χ3v) is 7.25. The zero-order chi connectivity index (χ0) is 30.2. The standard InChI is InChI=1S/C32H33FN6O4/c1-22-7-8-26(36-30(40)24-6-4-5-23(17-24)19-33)18-29(22)31(41)37-27-20-34-32(35-21-27)38-25-9-11-28(12-10-25)43-16-15-39(42)13-2-3-14-39/h4-12,17-18,20-21H,2-3,13-16,19H2,1H3,(H,36,40)(H,37,41)(H,34,35,38). The van der Waals surface area contributed by atoms with Crippen molar-refractivity contribution < 1.29 is 23.4 Å². The SMILES string of the molecule is Cc1ccc(NC(=O)c2cccc(CF)c2)cc1C(=O)Nc1cnc(Nc2ccc(OCC[N+]3([O-])CCCC3)cc2)nc1. The van der Waals surface area contributed by atoms with Gasteiger partial charge in [0.2, 0.25) is 5.95 Å². The van der Waals surface area contributed by atoms with Gasteiger partial charge in [-0.15, -0.1) is 0 Å². The Bertz CT molecular complexity index is 1570. The molecule has 0 spiro atoms. The summed E-state index contributed by atoms with van der Waals surface area (Å²) >= 11 is 0. The number of alkyl halides is 1. The van der Waals surface area contributed by atoms with Crippen molar-refractivity contribution in [3.63, 3.8) is 0 Å². The Morgan fingerprint density at radius 3 is 2.33 bits per heavy atom. The minimum atomic E-state index is -0.662. The molecule has 0 saturated carbocycles. The maximum Gasteiger partial charge on any atom is 0.256 e. The lowest BCUT2D eigenvalue weighted by atomic mass is 10.1. The van der Waals surface area contributed by atoms with E-state index in [9.17, 15) is 19.2 Å². The predicted molar refractivity (Wildman–Crippen MR) is 163 cm³/mol. The predicted octanol–water partition coefficient (Wildman–Crippen LogP) is 5.99. The maximum atomic E-state index is 13.0. The summed E-state index contributed by atoms with van der Waals surface area (Å²) < 4.78 is 18.5. The van der Waals surface area contributed by atoms with Gasteiger partial charge in [0.05, 0.1) is 31.2 Å². The molecule has 0 atom stereocenters. The van der Waals surface area contributed by atoms with Crippen LogP contribution in [0.3, 0.4) is 0 Å². The van der Waals surface area contributed by atoms with Crippen LogP contribution < -0.4 is 20.7 Å². The largest absolute Gasteiger partial charge is 0.633 e. The number of hydrogen-bond donors (Lipinski definition) is 3. The number of benzene rings is 3. The molecule has 1 saturated heterocycles. The number of amides is 2. The molecule has 5 rings (SSSR count). The summed E-state index contributed by atoms with van der Waals surface area (Å²) in [6.45, 7) is 3.30. The number of aromatic nitrogens is 2. The van der Waals surface area contributed by atoms with Gasteiger partial charge >= 0.3 is 0 Å². The molecule has 1 fully saturated rings. The van der Waals surface area contributed by atoms with Crippen molar-refractivity contribution in [1.82, 2.24) is 9.97 Å². The van der Waals surface area contributed by atoms with Crippen LogP contribution in [0.2, 0.25) is 0 Å². The van der Waals surface area contributed by atoms with Crippen molar-refractivity contribution in [2.75, 3.05) is 42.2 Å². The van der Waals surface area contributed by atoms with E-state index in [1.165, 1.54) is 18.5 Å². The molecule has 0 bridgehead atoms. The number of nitrogens with one attached hydrogen (secondary N) is 3. The summed E-state index contributed by atoms with van der Waals surface area (Å²) in [5.74, 6) is 0.235. The fourth-order valence-electron chi connectivity index (χ4n) is 4.83. The van der Waals surface area contributed by atoms with Crippen LogP contribution in [0.15, 0.2) is 79.1 Å². The Labute approximate surface area is 249 Å². The summed E-state index contributed by atoms with van der Waals surface area (Å²) in [7, 11) is 0. The molecule has 2 amide bonds. The highest BCUT2D eigenvalue weighted by Gasteiger charge is 2.22. The number of quaternary nitrogens is 1. The average molecular weight is 585 g/mol. The highest BCUT2D eigenvalue weighted by atomic mass is 19.1. The van der Waals surface area contributed by atoms with E-state index in [0.29, 0.717) is 71.6 Å². The first-order chi connectivity index (χ1) is 20.8. The molecule has 1 aliphatic heterocycles. The third kappa shape index (κ3) is 7.91. The zero-order valence-electron chi connectivity index (χ0n) is 23.8. The summed E-state index contributed by atoms with van der Waals surface area (Å²) in [6, 6.07) is 18.6. The van der Waals surface area contributed by atoms with Crippen LogP contribution in [-0.2, 0) is 6.67 Å². The number of anilines is 4. The molecule has 10 nitrogen and oxygen atoms in total. The zero-order valence-corrected chi connectivity index (χ0v) is 23.8. The van der Waals surface area contributed by atoms with E-state index in [4.69, 9.17) is 4.74 Å². The van der Waals surface area contributed by atoms with E-state index in [-0.39, 0.29) is 10.6 Å². The lowest BCUT2D eigenvalue weighted by Crippen LogP contribution is -2.42. The quantitative estimate of drug-likeness (QED) is 0.146. The molecule has 4 aromatic rings. The molecule has 43 heavy (non-hydrogen) atoms. The van der Waals surface area contributed by atoms with E-state index in [1.807, 2.05) is 24.3 Å². The molecule has 3 aromatic carbocycles. The van der Waals surface area contributed by atoms with Crippen molar-refractivity contribution in [3.8, 4) is 5.75 Å². The van der Waals surface area contributed by atoms with Gasteiger partial charge in [-0.25, -0.2) is 14.4 Å². The molecule has 2 heterocycles. The van der Waals surface area contributed by atoms with Crippen molar-refractivity contribution in [2.24, 2.45) is 0 Å². The van der Waals surface area contributed by atoms with Gasteiger partial charge in [-0.05, 0) is 66.6 Å². The van der Waals surface area contributed by atoms with E-state index in [2.05, 4.69) is 25.9 Å². The number of halogens is 1. The Morgan fingerprint density at radius 2 is 1.60 bits per heavy atom. The van der Waals surface area contributed by atoms with Gasteiger partial charge in [-0.2, -0.15) is 0 Å². The molecule has 1 aromatic heterocycles. The fourth-order valence-corrected chi connectivity index (χ4v) is 4.83. The van der Waals surface area contributed by atoms with Crippen molar-refractivity contribution in [1.29, 1.82) is 0 Å². The third-order valence-electron chi connectivity index (χ3n) is 7.25. The summed E-state index contributed by atoms with van der Waals surface area (Å²) in [5.41, 5.74) is 3.39. The highest BCUT2D eigenvalue weighted by molar-refractivity contribution is 6.08. The number of aryl methyl sites for hydroxylation is 1. The monoisotopic (exact) mass is 584 g/mol. The highest BCUT2D eigenvalue weighted by Crippen LogP contribution is 2.22. The van der Waals surface area contributed by atoms with Crippen molar-refractivity contribution in [2.45, 2.75) is 26.4 Å². The molecular formula is C32H33FN6O4. The van der Waals surface area contributed by atoms with Crippen molar-refractivity contribution >= 4 is 34.8 Å². The van der Waals surface area contributed by atoms with Gasteiger partial charge in [-0.1, -0.05) is 18.2 Å². The van der Waals surface area contributed by atoms with Gasteiger partial charge in [0.25, 0.3) is 11.8 Å². The summed E-state index contributed by atoms with van der Waals surface area (Å²) in [4.78, 5) is 34.2. The Kier molecular flexibility index (Phi) is 9.23. The molecule has 0 radical (unpaired) electrons. The second kappa shape index (κ2) is 13.4. The van der Waals surface area contributed by atoms with Crippen LogP contribution in [0.1, 0.15) is 44.7 Å². The van der Waals surface area contributed by atoms with Crippen LogP contribution in [0.25, 0.3) is 0 Å². The minimum absolute atomic E-state index is 0.170. The van der Waals surface area contributed by atoms with Crippen LogP contribution in [0, 0.1) is 12.1 Å². The Morgan fingerprint density at radius 1 is 0.907 bits per heavy atom. The topological polar surface area (TPSA) is 128 Å². The number of likely N-dealkylation sites (tertiary alicyclic amines) is 1. The van der Waals surface area contributed by atoms with E-state index < -0.39 is 12.6 Å². The van der Waals surface area contributed by atoms with Crippen molar-refractivity contribution in [3.05, 3.63) is 107 Å². The van der Waals surface area contributed by atoms with E-state index in [1.54, 1.807) is 43.3 Å². The maximum absolute atomic E-state index is 13.0. The summed E-state index contributed by atoms with van der Waals surface area (Å²) in [6.07, 6.45) is 4.94. The summed E-state index contributed by atoms with van der Waals surface area (Å²) in [5, 5.41) is 21.1. The number of carbonyl (C=O) groups is 2. The average Bonchev–Trinajstić information content (AvgIpc) is 3.46. The molecule has 222 valence electrons. The van der Waals surface area contributed by atoms with Crippen LogP contribution >= 0.6 is 0 Å². The van der Waals surface area contributed by atoms with Crippen LogP contribution in [-0.4, -0.2) is 52.7 Å². The smallest absolute Gasteiger partial charge is 0.256 e. The number of carbonyl (C=O) groups excluding carboxylic acids is 2. The van der Waals surface area contributed by atoms with Crippen LogP contribution in [0.5, 0.6) is 5.75 Å². The Balaban J connectivity index is 1.14. The van der Waals surface area contributed by atoms with E-state index >= 15 is 0 Å². The number of nitrogens with zero attached hydrogens (tertiary/aromatic N) is 3. The molecule has 3 N–H and O–H groups in total. The van der Waals surface area contributed by atoms with Crippen LogP contribution in [0.4, 0.5) is 27.4 Å². The lowest BCUT2D eigenvalue weighted by molar-refractivity contribution is -0.868.